The van der Waals surface area contributed by atoms with Gasteiger partial charge in [0, 0.05) is 12.0 Å². The molecule has 0 saturated carbocycles. The molecule has 0 aliphatic rings. The van der Waals surface area contributed by atoms with E-state index < -0.39 is 5.54 Å². The van der Waals surface area contributed by atoms with Gasteiger partial charge in [-0.3, -0.25) is 0 Å². The third-order valence-electron chi connectivity index (χ3n) is 1.55. The third kappa shape index (κ3) is 1.99. The van der Waals surface area contributed by atoms with E-state index in [1.807, 2.05) is 0 Å². The van der Waals surface area contributed by atoms with E-state index in [2.05, 4.69) is 36.2 Å². The number of halogens is 1. The minimum Gasteiger partial charge on any atom is -0.187 e. The molecule has 0 aliphatic heterocycles. The van der Waals surface area contributed by atoms with Crippen LogP contribution in [0.3, 0.4) is 0 Å². The molecule has 0 aliphatic carbocycles. The van der Waals surface area contributed by atoms with Crippen molar-refractivity contribution in [3.8, 4) is 0 Å². The molecular weight excluding hydrogens is 236 g/mol. The molecule has 1 rings (SSSR count). The van der Waals surface area contributed by atoms with Crippen LogP contribution in [0.5, 0.6) is 0 Å². The van der Waals surface area contributed by atoms with Gasteiger partial charge in [0.2, 0.25) is 0 Å². The van der Waals surface area contributed by atoms with Crippen LogP contribution in [-0.4, -0.2) is 15.0 Å². The zero-order valence-electron chi connectivity index (χ0n) is 7.56. The summed E-state index contributed by atoms with van der Waals surface area (Å²) in [7, 11) is 1.71. The number of aryl methyl sites for hydroxylation is 1. The largest absolute Gasteiger partial charge is 0.187 e. The Morgan fingerprint density at radius 3 is 2.54 bits per heavy atom. The van der Waals surface area contributed by atoms with E-state index in [1.54, 1.807) is 20.9 Å². The van der Waals surface area contributed by atoms with Gasteiger partial charge in [-0.15, -0.1) is 5.10 Å². The molecule has 1 aromatic heterocycles. The molecule has 0 N–H and O–H groups in total. The third-order valence-corrected chi connectivity index (χ3v) is 2.08. The summed E-state index contributed by atoms with van der Waals surface area (Å²) in [6, 6.07) is 0. The maximum Gasteiger partial charge on any atom is 0.152 e. The van der Waals surface area contributed by atoms with Crippen molar-refractivity contribution in [1.82, 2.24) is 15.0 Å². The molecule has 0 atom stereocenters. The fourth-order valence-corrected chi connectivity index (χ4v) is 1.71. The first-order chi connectivity index (χ1) is 5.97. The van der Waals surface area contributed by atoms with Crippen LogP contribution in [0.25, 0.3) is 10.4 Å². The summed E-state index contributed by atoms with van der Waals surface area (Å²) in [5.41, 5.74) is 8.30. The van der Waals surface area contributed by atoms with E-state index in [4.69, 9.17) is 5.53 Å². The van der Waals surface area contributed by atoms with Gasteiger partial charge in [-0.1, -0.05) is 5.11 Å². The average molecular weight is 245 g/mol. The molecule has 70 valence electrons. The highest BCUT2D eigenvalue weighted by molar-refractivity contribution is 9.10. The second-order valence-corrected chi connectivity index (χ2v) is 3.83. The normalized spacial score (nSPS) is 11.1. The molecule has 0 unspecified atom stereocenters. The fourth-order valence-electron chi connectivity index (χ4n) is 0.917. The molecule has 13 heavy (non-hydrogen) atoms. The van der Waals surface area contributed by atoms with Crippen LogP contribution in [0.1, 0.15) is 19.5 Å². The summed E-state index contributed by atoms with van der Waals surface area (Å²) in [6.45, 7) is 3.56. The summed E-state index contributed by atoms with van der Waals surface area (Å²) in [4.78, 5) is 4.19. The van der Waals surface area contributed by atoms with Gasteiger partial charge in [-0.2, -0.15) is 9.90 Å². The van der Waals surface area contributed by atoms with Crippen LogP contribution in [-0.2, 0) is 12.6 Å². The van der Waals surface area contributed by atoms with Gasteiger partial charge in [0.1, 0.15) is 5.69 Å². The second-order valence-electron chi connectivity index (χ2n) is 3.08. The summed E-state index contributed by atoms with van der Waals surface area (Å²) < 4.78 is 0.604. The van der Waals surface area contributed by atoms with Gasteiger partial charge in [-0.05, 0) is 35.3 Å². The van der Waals surface area contributed by atoms with Crippen LogP contribution in [0.15, 0.2) is 9.72 Å². The molecule has 7 heteroatoms. The van der Waals surface area contributed by atoms with Gasteiger partial charge in [-0.25, -0.2) is 0 Å². The van der Waals surface area contributed by atoms with E-state index in [1.165, 1.54) is 4.80 Å². The topological polar surface area (TPSA) is 79.5 Å². The standard InChI is InChI=1S/C6H9BrN6/c1-6(2,11-12-8)4-5(7)10-13(3)9-4/h1-3H3. The van der Waals surface area contributed by atoms with Crippen LogP contribution in [0, 0.1) is 0 Å². The average Bonchev–Trinajstić information content (AvgIpc) is 2.30. The smallest absolute Gasteiger partial charge is 0.152 e. The lowest BCUT2D eigenvalue weighted by Crippen LogP contribution is -2.14. The zero-order valence-corrected chi connectivity index (χ0v) is 9.15. The molecule has 0 radical (unpaired) electrons. The van der Waals surface area contributed by atoms with Crippen molar-refractivity contribution in [3.63, 3.8) is 0 Å². The number of aromatic nitrogens is 3. The quantitative estimate of drug-likeness (QED) is 0.454. The van der Waals surface area contributed by atoms with Crippen LogP contribution < -0.4 is 0 Å². The molecule has 6 nitrogen and oxygen atoms in total. The van der Waals surface area contributed by atoms with Crippen molar-refractivity contribution in [2.24, 2.45) is 12.2 Å². The first-order valence-electron chi connectivity index (χ1n) is 3.61. The van der Waals surface area contributed by atoms with E-state index in [-0.39, 0.29) is 0 Å². The van der Waals surface area contributed by atoms with Crippen molar-refractivity contribution in [2.45, 2.75) is 19.4 Å². The second kappa shape index (κ2) is 3.35. The predicted octanol–water partition coefficient (Wildman–Crippen LogP) is 2.12. The molecule has 1 heterocycles. The summed E-state index contributed by atoms with van der Waals surface area (Å²) >= 11 is 3.25. The minimum absolute atomic E-state index is 0.604. The number of hydrogen-bond acceptors (Lipinski definition) is 3. The molecule has 0 bridgehead atoms. The predicted molar refractivity (Wildman–Crippen MR) is 50.9 cm³/mol. The SMILES string of the molecule is Cn1nc(Br)c(C(C)(C)N=[N+]=[N-])n1. The Morgan fingerprint density at radius 2 is 2.15 bits per heavy atom. The van der Waals surface area contributed by atoms with Crippen molar-refractivity contribution >= 4 is 15.9 Å². The molecule has 0 fully saturated rings. The number of rotatable bonds is 2. The molecule has 0 amide bonds. The Balaban J connectivity index is 3.20. The van der Waals surface area contributed by atoms with Gasteiger partial charge in [0.25, 0.3) is 0 Å². The first kappa shape index (κ1) is 10.0. The minimum atomic E-state index is -0.679. The Bertz CT molecular complexity index is 361. The monoisotopic (exact) mass is 244 g/mol. The summed E-state index contributed by atoms with van der Waals surface area (Å²) in [5, 5.41) is 11.7. The molecular formula is C6H9BrN6. The van der Waals surface area contributed by atoms with Crippen LogP contribution in [0.4, 0.5) is 0 Å². The fraction of sp³-hybridized carbons (Fsp3) is 0.667. The zero-order chi connectivity index (χ0) is 10.1. The summed E-state index contributed by atoms with van der Waals surface area (Å²) in [6.07, 6.45) is 0. The number of hydrogen-bond donors (Lipinski definition) is 0. The number of azide groups is 1. The van der Waals surface area contributed by atoms with Gasteiger partial charge in [0.05, 0.1) is 5.54 Å². The van der Waals surface area contributed by atoms with E-state index in [0.29, 0.717) is 10.3 Å². The summed E-state index contributed by atoms with van der Waals surface area (Å²) in [5.74, 6) is 0. The lowest BCUT2D eigenvalue weighted by Gasteiger charge is -2.13. The van der Waals surface area contributed by atoms with Crippen LogP contribution in [0.2, 0.25) is 0 Å². The van der Waals surface area contributed by atoms with Crippen molar-refractivity contribution in [1.29, 1.82) is 0 Å². The van der Waals surface area contributed by atoms with Gasteiger partial charge >= 0.3 is 0 Å². The highest BCUT2D eigenvalue weighted by Gasteiger charge is 2.25. The molecule has 0 aromatic carbocycles. The Hall–Kier alpha value is -1.07. The van der Waals surface area contributed by atoms with Crippen LogP contribution >= 0.6 is 15.9 Å². The van der Waals surface area contributed by atoms with E-state index in [9.17, 15) is 0 Å². The van der Waals surface area contributed by atoms with E-state index >= 15 is 0 Å². The van der Waals surface area contributed by atoms with Crippen molar-refractivity contribution in [2.75, 3.05) is 0 Å². The maximum atomic E-state index is 8.35. The highest BCUT2D eigenvalue weighted by Crippen LogP contribution is 2.28. The number of nitrogens with zero attached hydrogens (tertiary/aromatic N) is 6. The lowest BCUT2D eigenvalue weighted by atomic mass is 10.0. The first-order valence-corrected chi connectivity index (χ1v) is 4.40. The molecule has 0 spiro atoms. The highest BCUT2D eigenvalue weighted by atomic mass is 79.9. The maximum absolute atomic E-state index is 8.35. The lowest BCUT2D eigenvalue weighted by molar-refractivity contribution is 0.515. The van der Waals surface area contributed by atoms with E-state index in [0.717, 1.165) is 0 Å². The Labute approximate surface area is 83.7 Å². The van der Waals surface area contributed by atoms with Crippen molar-refractivity contribution < 1.29 is 0 Å². The Kier molecular flexibility index (Phi) is 2.58. The molecule has 0 saturated heterocycles. The van der Waals surface area contributed by atoms with Crippen molar-refractivity contribution in [3.05, 3.63) is 20.7 Å². The van der Waals surface area contributed by atoms with Gasteiger partial charge in [0.15, 0.2) is 4.60 Å². The Morgan fingerprint density at radius 1 is 1.54 bits per heavy atom. The molecule has 1 aromatic rings. The van der Waals surface area contributed by atoms with Gasteiger partial charge < -0.3 is 0 Å².